The number of nitrogens with zero attached hydrogens (tertiary/aromatic N) is 3. The van der Waals surface area contributed by atoms with Crippen LogP contribution in [0.1, 0.15) is 28.9 Å². The summed E-state index contributed by atoms with van der Waals surface area (Å²) in [5, 5.41) is 8.02. The molecule has 2 aromatic rings. The van der Waals surface area contributed by atoms with E-state index in [4.69, 9.17) is 9.98 Å². The zero-order valence-corrected chi connectivity index (χ0v) is 20.1. The van der Waals surface area contributed by atoms with Crippen molar-refractivity contribution in [2.75, 3.05) is 45.1 Å². The minimum absolute atomic E-state index is 0.0863. The molecule has 3 N–H and O–H groups in total. The molecule has 11 heteroatoms. The Labute approximate surface area is 199 Å². The van der Waals surface area contributed by atoms with Crippen LogP contribution in [0.5, 0.6) is 0 Å². The van der Waals surface area contributed by atoms with Crippen molar-refractivity contribution in [3.8, 4) is 0 Å². The van der Waals surface area contributed by atoms with Gasteiger partial charge in [-0.15, -0.1) is 0 Å². The van der Waals surface area contributed by atoms with Crippen LogP contribution < -0.4 is 15.3 Å². The summed E-state index contributed by atoms with van der Waals surface area (Å²) >= 11 is 0. The van der Waals surface area contributed by atoms with Gasteiger partial charge in [-0.3, -0.25) is 9.59 Å². The number of carbonyl (C=O) groups excluding carboxylic acids is 2. The number of carbonyl (C=O) groups is 2. The highest BCUT2D eigenvalue weighted by molar-refractivity contribution is 7.89. The van der Waals surface area contributed by atoms with Gasteiger partial charge < -0.3 is 20.0 Å². The number of primary sulfonamides is 1. The lowest BCUT2D eigenvalue weighted by Crippen LogP contribution is -2.44. The number of fused-ring (bicyclic) bond motifs is 1. The molecular weight excluding hydrogens is 458 g/mol. The standard InChI is InChI=1S/C23H29N5O5S/c1-16-12-17(4-3-7-27-10-8-26(2)9-11-27)22(28(16)33-15-29)14-20-19-13-18(34(24,31)32)5-6-21(19)25-23(20)30/h5-6,12-15H,3-4,7-11H2,1-2H3,(H,25,30)(H2,24,31,32)/b20-14-. The molecule has 0 spiro atoms. The van der Waals surface area contributed by atoms with E-state index >= 15 is 0 Å². The van der Waals surface area contributed by atoms with Gasteiger partial charge in [0.2, 0.25) is 10.0 Å². The largest absolute Gasteiger partial charge is 0.340 e. The Morgan fingerprint density at radius 2 is 1.91 bits per heavy atom. The van der Waals surface area contributed by atoms with Crippen molar-refractivity contribution in [2.45, 2.75) is 24.7 Å². The molecule has 10 nitrogen and oxygen atoms in total. The van der Waals surface area contributed by atoms with Gasteiger partial charge in [-0.05, 0) is 69.3 Å². The zero-order valence-electron chi connectivity index (χ0n) is 19.3. The summed E-state index contributed by atoms with van der Waals surface area (Å²) in [6.45, 7) is 7.27. The average molecular weight is 488 g/mol. The molecule has 0 radical (unpaired) electrons. The van der Waals surface area contributed by atoms with E-state index in [9.17, 15) is 18.0 Å². The van der Waals surface area contributed by atoms with E-state index < -0.39 is 10.0 Å². The van der Waals surface area contributed by atoms with Crippen LogP contribution in [0.2, 0.25) is 0 Å². The first-order chi connectivity index (χ1) is 16.2. The van der Waals surface area contributed by atoms with Gasteiger partial charge in [0.25, 0.3) is 5.91 Å². The summed E-state index contributed by atoms with van der Waals surface area (Å²) in [6, 6.07) is 6.18. The molecule has 0 saturated carbocycles. The Hall–Kier alpha value is -2.99. The fourth-order valence-electron chi connectivity index (χ4n) is 4.43. The molecule has 1 fully saturated rings. The Kier molecular flexibility index (Phi) is 6.89. The maximum Gasteiger partial charge on any atom is 0.321 e. The molecule has 1 amide bonds. The summed E-state index contributed by atoms with van der Waals surface area (Å²) in [5.74, 6) is -0.374. The van der Waals surface area contributed by atoms with Crippen molar-refractivity contribution in [1.29, 1.82) is 0 Å². The lowest BCUT2D eigenvalue weighted by atomic mass is 10.0. The molecule has 1 aromatic carbocycles. The SMILES string of the molecule is Cc1cc(CCCN2CCN(C)CC2)c(/C=C2\C(=O)Nc3ccc(S(N)(=O)=O)cc32)n1OC=O. The predicted molar refractivity (Wildman–Crippen MR) is 128 cm³/mol. The third-order valence-corrected chi connectivity index (χ3v) is 7.21. The first kappa shape index (κ1) is 24.1. The average Bonchev–Trinajstić information content (AvgIpc) is 3.25. The number of piperazine rings is 1. The van der Waals surface area contributed by atoms with Crippen LogP contribution in [0.25, 0.3) is 11.6 Å². The van der Waals surface area contributed by atoms with E-state index in [1.807, 2.05) is 13.0 Å². The molecule has 0 unspecified atom stereocenters. The Morgan fingerprint density at radius 3 is 2.59 bits per heavy atom. The van der Waals surface area contributed by atoms with Crippen molar-refractivity contribution in [3.05, 3.63) is 46.8 Å². The smallest absolute Gasteiger partial charge is 0.321 e. The van der Waals surface area contributed by atoms with Crippen LogP contribution in [0.15, 0.2) is 29.2 Å². The Morgan fingerprint density at radius 1 is 1.18 bits per heavy atom. The molecule has 0 bridgehead atoms. The van der Waals surface area contributed by atoms with E-state index in [0.29, 0.717) is 29.1 Å². The highest BCUT2D eigenvalue weighted by Gasteiger charge is 2.27. The Balaban J connectivity index is 1.65. The number of nitrogens with two attached hydrogens (primary N) is 1. The maximum absolute atomic E-state index is 12.7. The van der Waals surface area contributed by atoms with Gasteiger partial charge in [0.1, 0.15) is 0 Å². The fourth-order valence-corrected chi connectivity index (χ4v) is 4.97. The van der Waals surface area contributed by atoms with Gasteiger partial charge in [0, 0.05) is 37.4 Å². The van der Waals surface area contributed by atoms with Crippen molar-refractivity contribution < 1.29 is 22.8 Å². The van der Waals surface area contributed by atoms with Crippen LogP contribution >= 0.6 is 0 Å². The molecule has 0 aliphatic carbocycles. The van der Waals surface area contributed by atoms with E-state index in [-0.39, 0.29) is 16.4 Å². The molecule has 2 aliphatic rings. The van der Waals surface area contributed by atoms with Crippen LogP contribution in [0.4, 0.5) is 5.69 Å². The number of nitrogens with one attached hydrogen (secondary N) is 1. The highest BCUT2D eigenvalue weighted by atomic mass is 32.2. The second-order valence-corrected chi connectivity index (χ2v) is 10.3. The molecule has 34 heavy (non-hydrogen) atoms. The molecular formula is C23H29N5O5S. The first-order valence-electron chi connectivity index (χ1n) is 11.1. The number of aryl methyl sites for hydroxylation is 2. The first-order valence-corrected chi connectivity index (χ1v) is 12.6. The van der Waals surface area contributed by atoms with E-state index in [1.54, 1.807) is 6.08 Å². The van der Waals surface area contributed by atoms with E-state index in [0.717, 1.165) is 51.1 Å². The number of amides is 1. The lowest BCUT2D eigenvalue weighted by Gasteiger charge is -2.32. The number of hydrogen-bond acceptors (Lipinski definition) is 7. The molecule has 0 atom stereocenters. The van der Waals surface area contributed by atoms with E-state index in [1.165, 1.54) is 22.9 Å². The van der Waals surface area contributed by atoms with Gasteiger partial charge in [-0.25, -0.2) is 13.6 Å². The van der Waals surface area contributed by atoms with Crippen LogP contribution in [-0.4, -0.2) is 75.1 Å². The normalized spacial score (nSPS) is 18.2. The minimum atomic E-state index is -3.94. The van der Waals surface area contributed by atoms with Gasteiger partial charge in [0.15, 0.2) is 0 Å². The number of likely N-dealkylation sites (N-methyl/N-ethyl adjacent to an activating group) is 1. The lowest BCUT2D eigenvalue weighted by molar-refractivity contribution is -0.129. The van der Waals surface area contributed by atoms with Gasteiger partial charge in [-0.1, -0.05) is 0 Å². The second-order valence-electron chi connectivity index (χ2n) is 8.71. The number of benzene rings is 1. The van der Waals surface area contributed by atoms with Gasteiger partial charge in [-0.2, -0.15) is 4.73 Å². The monoisotopic (exact) mass is 487 g/mol. The Bertz CT molecular complexity index is 1240. The van der Waals surface area contributed by atoms with Crippen molar-refractivity contribution in [1.82, 2.24) is 14.5 Å². The quantitative estimate of drug-likeness (QED) is 0.415. The highest BCUT2D eigenvalue weighted by Crippen LogP contribution is 2.35. The van der Waals surface area contributed by atoms with Gasteiger partial charge in [0.05, 0.1) is 21.9 Å². The molecule has 3 heterocycles. The second kappa shape index (κ2) is 9.71. The number of sulfonamides is 1. The summed E-state index contributed by atoms with van der Waals surface area (Å²) in [5.41, 5.74) is 3.41. The number of hydrogen-bond donors (Lipinski definition) is 2. The van der Waals surface area contributed by atoms with E-state index in [2.05, 4.69) is 22.2 Å². The van der Waals surface area contributed by atoms with Gasteiger partial charge >= 0.3 is 6.47 Å². The number of rotatable bonds is 8. The minimum Gasteiger partial charge on any atom is -0.340 e. The summed E-state index contributed by atoms with van der Waals surface area (Å²) < 4.78 is 25.0. The molecule has 2 aliphatic heterocycles. The van der Waals surface area contributed by atoms with Crippen molar-refractivity contribution in [3.63, 3.8) is 0 Å². The topological polar surface area (TPSA) is 127 Å². The fraction of sp³-hybridized carbons (Fsp3) is 0.391. The van der Waals surface area contributed by atoms with Crippen molar-refractivity contribution in [2.24, 2.45) is 5.14 Å². The van der Waals surface area contributed by atoms with Crippen LogP contribution in [0.3, 0.4) is 0 Å². The van der Waals surface area contributed by atoms with Crippen molar-refractivity contribution >= 4 is 39.7 Å². The molecule has 4 rings (SSSR count). The molecule has 182 valence electrons. The molecule has 1 saturated heterocycles. The number of aromatic nitrogens is 1. The van der Waals surface area contributed by atoms with Crippen LogP contribution in [0, 0.1) is 6.92 Å². The third kappa shape index (κ3) is 5.07. The molecule has 1 aromatic heterocycles. The summed E-state index contributed by atoms with van der Waals surface area (Å²) in [7, 11) is -1.81. The number of anilines is 1. The predicted octanol–water partition coefficient (Wildman–Crippen LogP) is 0.702. The summed E-state index contributed by atoms with van der Waals surface area (Å²) in [4.78, 5) is 33.7. The zero-order chi connectivity index (χ0) is 24.5. The summed E-state index contributed by atoms with van der Waals surface area (Å²) in [6.07, 6.45) is 3.27. The maximum atomic E-state index is 12.7. The third-order valence-electron chi connectivity index (χ3n) is 6.30. The van der Waals surface area contributed by atoms with Crippen LogP contribution in [-0.2, 0) is 26.0 Å².